The third kappa shape index (κ3) is 21.7. The number of ether oxygens (including phenoxy) is 1. The Bertz CT molecular complexity index is 348. The maximum absolute atomic E-state index is 10.9. The summed E-state index contributed by atoms with van der Waals surface area (Å²) in [5, 5.41) is 0. The number of hydrogen-bond donors (Lipinski definition) is 0. The van der Waals surface area contributed by atoms with Crippen LogP contribution < -0.4 is 0 Å². The molecule has 4 heteroatoms. The summed E-state index contributed by atoms with van der Waals surface area (Å²) >= 11 is 3.44. The lowest BCUT2D eigenvalue weighted by molar-refractivity contribution is -0.137. The average molecular weight is 387 g/mol. The van der Waals surface area contributed by atoms with Gasteiger partial charge in [0.15, 0.2) is 0 Å². The summed E-state index contributed by atoms with van der Waals surface area (Å²) in [5.41, 5.74) is 0. The molecule has 0 saturated carbocycles. The van der Waals surface area contributed by atoms with Gasteiger partial charge in [-0.15, -0.1) is 23.5 Å². The van der Waals surface area contributed by atoms with Crippen LogP contribution in [0.25, 0.3) is 0 Å². The van der Waals surface area contributed by atoms with Crippen LogP contribution in [0.2, 0.25) is 0 Å². The van der Waals surface area contributed by atoms with E-state index in [0.717, 1.165) is 5.75 Å². The molecule has 0 N–H and O–H groups in total. The molecule has 0 aliphatic heterocycles. The highest BCUT2D eigenvalue weighted by atomic mass is 32.2. The van der Waals surface area contributed by atoms with Gasteiger partial charge in [-0.25, -0.2) is 0 Å². The summed E-state index contributed by atoms with van der Waals surface area (Å²) in [5.74, 6) is 9.34. The Morgan fingerprint density at radius 1 is 0.760 bits per heavy atom. The number of hydrogen-bond acceptors (Lipinski definition) is 4. The quantitative estimate of drug-likeness (QED) is 0.166. The molecule has 0 amide bonds. The molecule has 0 unspecified atom stereocenters. The topological polar surface area (TPSA) is 26.3 Å². The minimum Gasteiger partial charge on any atom is -0.468 e. The minimum absolute atomic E-state index is 0.173. The molecule has 0 heterocycles. The van der Waals surface area contributed by atoms with Crippen molar-refractivity contribution in [2.75, 3.05) is 30.1 Å². The van der Waals surface area contributed by atoms with Crippen LogP contribution in [0.3, 0.4) is 0 Å². The zero-order chi connectivity index (χ0) is 18.4. The first-order chi connectivity index (χ1) is 12.3. The van der Waals surface area contributed by atoms with Crippen LogP contribution in [0, 0.1) is 11.8 Å². The fraction of sp³-hybridized carbons (Fsp3) is 0.857. The largest absolute Gasteiger partial charge is 0.468 e. The van der Waals surface area contributed by atoms with Gasteiger partial charge in [-0.3, -0.25) is 4.79 Å². The number of methoxy groups -OCH3 is 1. The SMILES string of the molecule is CCCCCCCCCCCCCCSCC#CCSCC(=O)OC. The Hall–Kier alpha value is -0.270. The molecule has 0 spiro atoms. The molecule has 0 atom stereocenters. The summed E-state index contributed by atoms with van der Waals surface area (Å²) in [4.78, 5) is 10.9. The predicted molar refractivity (Wildman–Crippen MR) is 116 cm³/mol. The van der Waals surface area contributed by atoms with E-state index >= 15 is 0 Å². The highest BCUT2D eigenvalue weighted by molar-refractivity contribution is 8.00. The lowest BCUT2D eigenvalue weighted by Gasteiger charge is -2.02. The van der Waals surface area contributed by atoms with E-state index in [-0.39, 0.29) is 5.97 Å². The summed E-state index contributed by atoms with van der Waals surface area (Å²) in [6.45, 7) is 2.28. The molecular formula is C21H38O2S2. The molecule has 0 aromatic carbocycles. The molecule has 0 aromatic heterocycles. The highest BCUT2D eigenvalue weighted by Gasteiger charge is 1.97. The van der Waals surface area contributed by atoms with Crippen molar-refractivity contribution in [3.05, 3.63) is 0 Å². The normalized spacial score (nSPS) is 10.3. The monoisotopic (exact) mass is 386 g/mol. The number of carbonyl (C=O) groups excluding carboxylic acids is 1. The van der Waals surface area contributed by atoms with Gasteiger partial charge in [-0.05, 0) is 12.2 Å². The van der Waals surface area contributed by atoms with Crippen molar-refractivity contribution in [1.29, 1.82) is 0 Å². The van der Waals surface area contributed by atoms with Crippen LogP contribution in [-0.2, 0) is 9.53 Å². The molecule has 0 bridgehead atoms. The van der Waals surface area contributed by atoms with E-state index in [1.807, 2.05) is 11.8 Å². The summed E-state index contributed by atoms with van der Waals surface area (Å²) in [6.07, 6.45) is 16.9. The van der Waals surface area contributed by atoms with Crippen molar-refractivity contribution in [3.8, 4) is 11.8 Å². The number of carbonyl (C=O) groups is 1. The summed E-state index contributed by atoms with van der Waals surface area (Å²) in [7, 11) is 1.42. The first-order valence-corrected chi connectivity index (χ1v) is 12.3. The molecule has 0 aromatic rings. The van der Waals surface area contributed by atoms with Crippen LogP contribution in [0.5, 0.6) is 0 Å². The van der Waals surface area contributed by atoms with Gasteiger partial charge >= 0.3 is 5.97 Å². The summed E-state index contributed by atoms with van der Waals surface area (Å²) in [6, 6.07) is 0. The Kier molecular flexibility index (Phi) is 21.5. The van der Waals surface area contributed by atoms with E-state index in [9.17, 15) is 4.79 Å². The second kappa shape index (κ2) is 21.8. The Balaban J connectivity index is 3.11. The maximum atomic E-state index is 10.9. The van der Waals surface area contributed by atoms with Crippen LogP contribution in [0.1, 0.15) is 84.0 Å². The number of rotatable bonds is 17. The molecule has 0 radical (unpaired) electrons. The van der Waals surface area contributed by atoms with Gasteiger partial charge in [0.05, 0.1) is 24.4 Å². The maximum Gasteiger partial charge on any atom is 0.315 e. The first kappa shape index (κ1) is 24.7. The minimum atomic E-state index is -0.173. The second-order valence-corrected chi connectivity index (χ2v) is 8.45. The molecule has 0 rings (SSSR count). The van der Waals surface area contributed by atoms with Crippen LogP contribution in [0.4, 0.5) is 0 Å². The highest BCUT2D eigenvalue weighted by Crippen LogP contribution is 2.13. The van der Waals surface area contributed by atoms with Crippen molar-refractivity contribution in [2.24, 2.45) is 0 Å². The number of thioether (sulfide) groups is 2. The van der Waals surface area contributed by atoms with Crippen LogP contribution >= 0.6 is 23.5 Å². The predicted octanol–water partition coefficient (Wildman–Crippen LogP) is 6.33. The van der Waals surface area contributed by atoms with Gasteiger partial charge in [0.2, 0.25) is 0 Å². The van der Waals surface area contributed by atoms with Gasteiger partial charge in [-0.2, -0.15) is 0 Å². The molecule has 0 fully saturated rings. The number of unbranched alkanes of at least 4 members (excludes halogenated alkanes) is 11. The van der Waals surface area contributed by atoms with E-state index in [1.54, 1.807) is 0 Å². The second-order valence-electron chi connectivity index (χ2n) is 6.36. The smallest absolute Gasteiger partial charge is 0.315 e. The average Bonchev–Trinajstić information content (AvgIpc) is 2.63. The van der Waals surface area contributed by atoms with Crippen molar-refractivity contribution in [1.82, 2.24) is 0 Å². The lowest BCUT2D eigenvalue weighted by atomic mass is 10.1. The lowest BCUT2D eigenvalue weighted by Crippen LogP contribution is -2.03. The van der Waals surface area contributed by atoms with Crippen LogP contribution in [0.15, 0.2) is 0 Å². The molecule has 0 saturated heterocycles. The standard InChI is InChI=1S/C21H38O2S2/c1-3-4-5-6-7-8-9-10-11-12-13-14-17-24-18-15-16-19-25-20-21(22)23-2/h3-14,17-20H2,1-2H3. The third-order valence-corrected chi connectivity index (χ3v) is 5.78. The fourth-order valence-electron chi connectivity index (χ4n) is 2.51. The van der Waals surface area contributed by atoms with E-state index < -0.39 is 0 Å². The summed E-state index contributed by atoms with van der Waals surface area (Å²) < 4.78 is 4.58. The van der Waals surface area contributed by atoms with E-state index in [2.05, 4.69) is 23.5 Å². The number of esters is 1. The van der Waals surface area contributed by atoms with Gasteiger partial charge < -0.3 is 4.74 Å². The Labute approximate surface area is 165 Å². The Morgan fingerprint density at radius 2 is 1.24 bits per heavy atom. The molecule has 25 heavy (non-hydrogen) atoms. The molecule has 0 aliphatic carbocycles. The van der Waals surface area contributed by atoms with Gasteiger partial charge in [0.1, 0.15) is 0 Å². The van der Waals surface area contributed by atoms with Crippen molar-refractivity contribution in [2.45, 2.75) is 84.0 Å². The van der Waals surface area contributed by atoms with Crippen molar-refractivity contribution >= 4 is 29.5 Å². The zero-order valence-corrected chi connectivity index (χ0v) is 18.1. The zero-order valence-electron chi connectivity index (χ0n) is 16.4. The van der Waals surface area contributed by atoms with Gasteiger partial charge in [-0.1, -0.05) is 89.4 Å². The molecular weight excluding hydrogens is 348 g/mol. The van der Waals surface area contributed by atoms with Crippen LogP contribution in [-0.4, -0.2) is 36.1 Å². The first-order valence-electron chi connectivity index (χ1n) is 9.99. The van der Waals surface area contributed by atoms with Crippen molar-refractivity contribution < 1.29 is 9.53 Å². The van der Waals surface area contributed by atoms with E-state index in [1.165, 1.54) is 102 Å². The fourth-order valence-corrected chi connectivity index (χ4v) is 3.86. The molecule has 146 valence electrons. The molecule has 0 aliphatic rings. The van der Waals surface area contributed by atoms with E-state index in [0.29, 0.717) is 11.5 Å². The molecule has 2 nitrogen and oxygen atoms in total. The van der Waals surface area contributed by atoms with Gasteiger partial charge in [0, 0.05) is 0 Å². The Morgan fingerprint density at radius 3 is 1.76 bits per heavy atom. The van der Waals surface area contributed by atoms with Gasteiger partial charge in [0.25, 0.3) is 0 Å². The van der Waals surface area contributed by atoms with Crippen molar-refractivity contribution in [3.63, 3.8) is 0 Å². The third-order valence-electron chi connectivity index (χ3n) is 4.06. The van der Waals surface area contributed by atoms with E-state index in [4.69, 9.17) is 0 Å².